The number of halogens is 1. The summed E-state index contributed by atoms with van der Waals surface area (Å²) in [7, 11) is 3.13. The fraction of sp³-hybridized carbons (Fsp3) is 0.600. The number of ether oxygens (including phenoxy) is 2. The third kappa shape index (κ3) is 4.74. The largest absolute Gasteiger partial charge is 0.496 e. The first-order valence-corrected chi connectivity index (χ1v) is 6.85. The zero-order valence-corrected chi connectivity index (χ0v) is 12.4. The second kappa shape index (κ2) is 8.89. The van der Waals surface area contributed by atoms with Gasteiger partial charge in [0.1, 0.15) is 11.6 Å². The molecule has 0 aliphatic carbocycles. The summed E-state index contributed by atoms with van der Waals surface area (Å²) in [5, 5.41) is 10.2. The maximum atomic E-state index is 13.8. The summed E-state index contributed by atoms with van der Waals surface area (Å²) in [4.78, 5) is 2.15. The summed E-state index contributed by atoms with van der Waals surface area (Å²) < 4.78 is 24.0. The molecule has 5 heteroatoms. The number of methoxy groups -OCH3 is 2. The number of rotatable bonds is 9. The summed E-state index contributed by atoms with van der Waals surface area (Å²) in [5.41, 5.74) is 0.234. The maximum absolute atomic E-state index is 13.8. The van der Waals surface area contributed by atoms with Gasteiger partial charge in [0.25, 0.3) is 0 Å². The highest BCUT2D eigenvalue weighted by Gasteiger charge is 2.18. The van der Waals surface area contributed by atoms with Gasteiger partial charge in [0, 0.05) is 20.2 Å². The van der Waals surface area contributed by atoms with Gasteiger partial charge in [-0.15, -0.1) is 0 Å². The van der Waals surface area contributed by atoms with Crippen LogP contribution in [0.3, 0.4) is 0 Å². The Balaban J connectivity index is 2.64. The molecular formula is C15H24FNO3. The normalized spacial score (nSPS) is 12.7. The number of likely N-dealkylation sites (N-methyl/N-ethyl adjacent to an activating group) is 1. The lowest BCUT2D eigenvalue weighted by molar-refractivity contribution is 0.116. The lowest BCUT2D eigenvalue weighted by Crippen LogP contribution is -2.29. The molecule has 1 aromatic carbocycles. The number of benzene rings is 1. The SMILES string of the molecule is CCN(CCOC)CCC(O)c1c(F)cccc1OC. The highest BCUT2D eigenvalue weighted by Crippen LogP contribution is 2.29. The summed E-state index contributed by atoms with van der Waals surface area (Å²) in [6.45, 7) is 5.04. The van der Waals surface area contributed by atoms with Gasteiger partial charge >= 0.3 is 0 Å². The van der Waals surface area contributed by atoms with Crippen molar-refractivity contribution in [1.29, 1.82) is 0 Å². The molecule has 0 bridgehead atoms. The van der Waals surface area contributed by atoms with Gasteiger partial charge < -0.3 is 19.5 Å². The van der Waals surface area contributed by atoms with Gasteiger partial charge in [-0.05, 0) is 25.1 Å². The van der Waals surface area contributed by atoms with Crippen LogP contribution in [0.25, 0.3) is 0 Å². The molecule has 1 unspecified atom stereocenters. The van der Waals surface area contributed by atoms with E-state index in [1.807, 2.05) is 6.92 Å². The van der Waals surface area contributed by atoms with Crippen molar-refractivity contribution in [2.75, 3.05) is 40.5 Å². The van der Waals surface area contributed by atoms with E-state index in [4.69, 9.17) is 9.47 Å². The maximum Gasteiger partial charge on any atom is 0.132 e. The van der Waals surface area contributed by atoms with Gasteiger partial charge in [0.05, 0.1) is 25.4 Å². The van der Waals surface area contributed by atoms with Crippen molar-refractivity contribution in [3.05, 3.63) is 29.6 Å². The molecule has 0 spiro atoms. The molecule has 1 N–H and O–H groups in total. The lowest BCUT2D eigenvalue weighted by Gasteiger charge is -2.22. The van der Waals surface area contributed by atoms with Crippen molar-refractivity contribution in [3.8, 4) is 5.75 Å². The van der Waals surface area contributed by atoms with Crippen LogP contribution in [0.15, 0.2) is 18.2 Å². The highest BCUT2D eigenvalue weighted by atomic mass is 19.1. The molecule has 0 saturated carbocycles. The molecule has 0 saturated heterocycles. The predicted octanol–water partition coefficient (Wildman–Crippen LogP) is 2.23. The first kappa shape index (κ1) is 16.9. The Labute approximate surface area is 120 Å². The van der Waals surface area contributed by atoms with Gasteiger partial charge in [-0.25, -0.2) is 4.39 Å². The molecular weight excluding hydrogens is 261 g/mol. The fourth-order valence-electron chi connectivity index (χ4n) is 2.12. The minimum absolute atomic E-state index is 0.234. The molecule has 0 aromatic heterocycles. The smallest absolute Gasteiger partial charge is 0.132 e. The number of aliphatic hydroxyl groups is 1. The van der Waals surface area contributed by atoms with E-state index in [0.29, 0.717) is 25.3 Å². The molecule has 1 rings (SSSR count). The van der Waals surface area contributed by atoms with Gasteiger partial charge in [-0.2, -0.15) is 0 Å². The number of hydrogen-bond acceptors (Lipinski definition) is 4. The van der Waals surface area contributed by atoms with Crippen LogP contribution >= 0.6 is 0 Å². The van der Waals surface area contributed by atoms with Crippen LogP contribution < -0.4 is 4.74 Å². The Morgan fingerprint density at radius 2 is 2.05 bits per heavy atom. The molecule has 0 heterocycles. The van der Waals surface area contributed by atoms with Crippen LogP contribution in [-0.2, 0) is 4.74 Å². The molecule has 0 aliphatic heterocycles. The Bertz CT molecular complexity index is 401. The van der Waals surface area contributed by atoms with Crippen LogP contribution in [-0.4, -0.2) is 50.5 Å². The average molecular weight is 285 g/mol. The minimum atomic E-state index is -0.872. The summed E-state index contributed by atoms with van der Waals surface area (Å²) in [6, 6.07) is 4.56. The first-order chi connectivity index (χ1) is 9.63. The van der Waals surface area contributed by atoms with Crippen LogP contribution in [0.1, 0.15) is 25.0 Å². The zero-order chi connectivity index (χ0) is 15.0. The quantitative estimate of drug-likeness (QED) is 0.755. The van der Waals surface area contributed by atoms with Crippen molar-refractivity contribution in [2.24, 2.45) is 0 Å². The predicted molar refractivity (Wildman–Crippen MR) is 76.5 cm³/mol. The van der Waals surface area contributed by atoms with Crippen LogP contribution in [0, 0.1) is 5.82 Å². The van der Waals surface area contributed by atoms with Crippen LogP contribution in [0.2, 0.25) is 0 Å². The van der Waals surface area contributed by atoms with E-state index >= 15 is 0 Å². The van der Waals surface area contributed by atoms with E-state index in [9.17, 15) is 9.50 Å². The van der Waals surface area contributed by atoms with Crippen LogP contribution in [0.4, 0.5) is 4.39 Å². The number of aliphatic hydroxyl groups excluding tert-OH is 1. The monoisotopic (exact) mass is 285 g/mol. The molecule has 0 aliphatic rings. The van der Waals surface area contributed by atoms with Crippen molar-refractivity contribution in [2.45, 2.75) is 19.4 Å². The van der Waals surface area contributed by atoms with Gasteiger partial charge in [-0.1, -0.05) is 13.0 Å². The number of hydrogen-bond donors (Lipinski definition) is 1. The molecule has 114 valence electrons. The van der Waals surface area contributed by atoms with Gasteiger partial charge in [0.2, 0.25) is 0 Å². The van der Waals surface area contributed by atoms with E-state index in [0.717, 1.165) is 13.1 Å². The Hall–Kier alpha value is -1.17. The Morgan fingerprint density at radius 3 is 2.65 bits per heavy atom. The van der Waals surface area contributed by atoms with Crippen molar-refractivity contribution in [3.63, 3.8) is 0 Å². The topological polar surface area (TPSA) is 41.9 Å². The highest BCUT2D eigenvalue weighted by molar-refractivity contribution is 5.36. The van der Waals surface area contributed by atoms with E-state index in [1.54, 1.807) is 19.2 Å². The number of nitrogens with zero attached hydrogens (tertiary/aromatic N) is 1. The van der Waals surface area contributed by atoms with E-state index in [1.165, 1.54) is 13.2 Å². The Morgan fingerprint density at radius 1 is 1.30 bits per heavy atom. The van der Waals surface area contributed by atoms with E-state index < -0.39 is 11.9 Å². The molecule has 20 heavy (non-hydrogen) atoms. The minimum Gasteiger partial charge on any atom is -0.496 e. The first-order valence-electron chi connectivity index (χ1n) is 6.85. The van der Waals surface area contributed by atoms with E-state index in [2.05, 4.69) is 4.90 Å². The molecule has 1 aromatic rings. The Kier molecular flexibility index (Phi) is 7.51. The molecule has 4 nitrogen and oxygen atoms in total. The van der Waals surface area contributed by atoms with Gasteiger partial charge in [0.15, 0.2) is 0 Å². The van der Waals surface area contributed by atoms with Crippen molar-refractivity contribution in [1.82, 2.24) is 4.90 Å². The van der Waals surface area contributed by atoms with Crippen LogP contribution in [0.5, 0.6) is 5.75 Å². The third-order valence-corrected chi connectivity index (χ3v) is 3.34. The summed E-state index contributed by atoms with van der Waals surface area (Å²) in [5.74, 6) is -0.0470. The van der Waals surface area contributed by atoms with E-state index in [-0.39, 0.29) is 5.56 Å². The zero-order valence-electron chi connectivity index (χ0n) is 12.4. The van der Waals surface area contributed by atoms with Crippen molar-refractivity contribution < 1.29 is 19.0 Å². The molecule has 0 radical (unpaired) electrons. The summed E-state index contributed by atoms with van der Waals surface area (Å²) >= 11 is 0. The second-order valence-corrected chi connectivity index (χ2v) is 4.59. The van der Waals surface area contributed by atoms with Crippen molar-refractivity contribution >= 4 is 0 Å². The molecule has 0 fully saturated rings. The summed E-state index contributed by atoms with van der Waals surface area (Å²) in [6.07, 6.45) is -0.419. The standard InChI is InChI=1S/C15H24FNO3/c1-4-17(10-11-19-2)9-8-13(18)15-12(16)6-5-7-14(15)20-3/h5-7,13,18H,4,8-11H2,1-3H3. The lowest BCUT2D eigenvalue weighted by atomic mass is 10.0. The van der Waals surface area contributed by atoms with Gasteiger partial charge in [-0.3, -0.25) is 0 Å². The fourth-order valence-corrected chi connectivity index (χ4v) is 2.12. The molecule has 1 atom stereocenters. The third-order valence-electron chi connectivity index (χ3n) is 3.34. The second-order valence-electron chi connectivity index (χ2n) is 4.59. The average Bonchev–Trinajstić information content (AvgIpc) is 2.46. The molecule has 0 amide bonds.